The SMILES string of the molecule is CN=C(NCc1nccn1CC(C)C)NC1CCN(Cc2cc(OC)cc(OC)c2)C1.I. The molecule has 1 atom stereocenters. The van der Waals surface area contributed by atoms with Crippen LogP contribution in [-0.2, 0) is 19.6 Å². The summed E-state index contributed by atoms with van der Waals surface area (Å²) in [6, 6.07) is 6.40. The Morgan fingerprint density at radius 1 is 1.22 bits per heavy atom. The molecule has 9 heteroatoms. The summed E-state index contributed by atoms with van der Waals surface area (Å²) in [6.07, 6.45) is 4.97. The third-order valence-electron chi connectivity index (χ3n) is 5.43. The number of aliphatic imine (C=N–C) groups is 1. The van der Waals surface area contributed by atoms with E-state index in [1.807, 2.05) is 25.5 Å². The molecule has 8 nitrogen and oxygen atoms in total. The van der Waals surface area contributed by atoms with E-state index in [0.29, 0.717) is 18.5 Å². The minimum atomic E-state index is 0. The molecule has 0 aliphatic carbocycles. The molecule has 2 N–H and O–H groups in total. The summed E-state index contributed by atoms with van der Waals surface area (Å²) in [7, 11) is 5.18. The highest BCUT2D eigenvalue weighted by molar-refractivity contribution is 14.0. The number of guanidine groups is 1. The van der Waals surface area contributed by atoms with E-state index in [-0.39, 0.29) is 24.0 Å². The zero-order chi connectivity index (χ0) is 22.2. The molecule has 0 amide bonds. The van der Waals surface area contributed by atoms with Gasteiger partial charge < -0.3 is 24.7 Å². The molecule has 178 valence electrons. The predicted molar refractivity (Wildman–Crippen MR) is 139 cm³/mol. The lowest BCUT2D eigenvalue weighted by Gasteiger charge is -2.19. The van der Waals surface area contributed by atoms with Crippen molar-refractivity contribution in [3.8, 4) is 11.5 Å². The van der Waals surface area contributed by atoms with E-state index in [0.717, 1.165) is 55.9 Å². The van der Waals surface area contributed by atoms with E-state index >= 15 is 0 Å². The van der Waals surface area contributed by atoms with Crippen LogP contribution in [0.4, 0.5) is 0 Å². The first kappa shape index (κ1) is 26.2. The van der Waals surface area contributed by atoms with Crippen LogP contribution in [0.3, 0.4) is 0 Å². The predicted octanol–water partition coefficient (Wildman–Crippen LogP) is 3.11. The third-order valence-corrected chi connectivity index (χ3v) is 5.43. The number of likely N-dealkylation sites (tertiary alicyclic amines) is 1. The second-order valence-corrected chi connectivity index (χ2v) is 8.40. The van der Waals surface area contributed by atoms with Gasteiger partial charge in [0.2, 0.25) is 0 Å². The van der Waals surface area contributed by atoms with Crippen LogP contribution in [0.1, 0.15) is 31.7 Å². The summed E-state index contributed by atoms with van der Waals surface area (Å²) in [5.74, 6) is 4.07. The van der Waals surface area contributed by atoms with Crippen LogP contribution in [0.5, 0.6) is 11.5 Å². The van der Waals surface area contributed by atoms with E-state index in [1.165, 1.54) is 5.56 Å². The van der Waals surface area contributed by atoms with Gasteiger partial charge >= 0.3 is 0 Å². The van der Waals surface area contributed by atoms with Gasteiger partial charge in [-0.05, 0) is 30.0 Å². The van der Waals surface area contributed by atoms with Gasteiger partial charge in [0.05, 0.1) is 20.8 Å². The van der Waals surface area contributed by atoms with Gasteiger partial charge in [0, 0.05) is 57.7 Å². The van der Waals surface area contributed by atoms with Crippen molar-refractivity contribution in [3.05, 3.63) is 42.0 Å². The molecule has 1 aromatic carbocycles. The number of hydrogen-bond acceptors (Lipinski definition) is 5. The molecule has 1 fully saturated rings. The van der Waals surface area contributed by atoms with Gasteiger partial charge in [-0.1, -0.05) is 13.8 Å². The summed E-state index contributed by atoms with van der Waals surface area (Å²) in [5.41, 5.74) is 1.19. The van der Waals surface area contributed by atoms with E-state index in [1.54, 1.807) is 14.2 Å². The zero-order valence-corrected chi connectivity index (χ0v) is 22.1. The topological polar surface area (TPSA) is 75.9 Å². The van der Waals surface area contributed by atoms with Crippen LogP contribution in [-0.4, -0.2) is 60.8 Å². The zero-order valence-electron chi connectivity index (χ0n) is 19.8. The number of ether oxygens (including phenoxy) is 2. The number of rotatable bonds is 9. The first-order chi connectivity index (χ1) is 15.0. The summed E-state index contributed by atoms with van der Waals surface area (Å²) < 4.78 is 13.0. The number of benzene rings is 1. The fraction of sp³-hybridized carbons (Fsp3) is 0.565. The van der Waals surface area contributed by atoms with Crippen molar-refractivity contribution in [2.75, 3.05) is 34.4 Å². The highest BCUT2D eigenvalue weighted by atomic mass is 127. The Morgan fingerprint density at radius 3 is 2.56 bits per heavy atom. The van der Waals surface area contributed by atoms with Crippen LogP contribution < -0.4 is 20.1 Å². The number of methoxy groups -OCH3 is 2. The van der Waals surface area contributed by atoms with Crippen LogP contribution in [0.15, 0.2) is 35.6 Å². The Kier molecular flexibility index (Phi) is 10.6. The lowest BCUT2D eigenvalue weighted by molar-refractivity contribution is 0.321. The lowest BCUT2D eigenvalue weighted by Crippen LogP contribution is -2.44. The molecule has 0 radical (unpaired) electrons. The molecule has 2 heterocycles. The molecule has 0 spiro atoms. The number of hydrogen-bond donors (Lipinski definition) is 2. The first-order valence-corrected chi connectivity index (χ1v) is 10.9. The van der Waals surface area contributed by atoms with Gasteiger partial charge in [-0.2, -0.15) is 0 Å². The summed E-state index contributed by atoms with van der Waals surface area (Å²) in [6.45, 7) is 8.91. The summed E-state index contributed by atoms with van der Waals surface area (Å²) >= 11 is 0. The highest BCUT2D eigenvalue weighted by Crippen LogP contribution is 2.24. The highest BCUT2D eigenvalue weighted by Gasteiger charge is 2.23. The van der Waals surface area contributed by atoms with Crippen molar-refractivity contribution in [2.45, 2.75) is 45.9 Å². The summed E-state index contributed by atoms with van der Waals surface area (Å²) in [4.78, 5) is 11.3. The molecule has 1 aliphatic heterocycles. The van der Waals surface area contributed by atoms with E-state index in [9.17, 15) is 0 Å². The van der Waals surface area contributed by atoms with Crippen LogP contribution >= 0.6 is 24.0 Å². The fourth-order valence-electron chi connectivity index (χ4n) is 3.93. The minimum absolute atomic E-state index is 0. The number of imidazole rings is 1. The maximum absolute atomic E-state index is 5.40. The standard InChI is InChI=1S/C23H36N6O2.HI/c1-17(2)14-29-9-7-25-22(29)13-26-23(24-3)27-19-6-8-28(16-19)15-18-10-20(30-4)12-21(11-18)31-5;/h7,9-12,17,19H,6,8,13-16H2,1-5H3,(H2,24,26,27);1H. The molecule has 2 aromatic rings. The lowest BCUT2D eigenvalue weighted by atomic mass is 10.2. The van der Waals surface area contributed by atoms with Crippen molar-refractivity contribution in [1.82, 2.24) is 25.1 Å². The molecule has 1 aromatic heterocycles. The van der Waals surface area contributed by atoms with Crippen molar-refractivity contribution in [2.24, 2.45) is 10.9 Å². The van der Waals surface area contributed by atoms with E-state index in [2.05, 4.69) is 56.1 Å². The number of aromatic nitrogens is 2. The van der Waals surface area contributed by atoms with Gasteiger partial charge in [-0.25, -0.2) is 4.98 Å². The van der Waals surface area contributed by atoms with Crippen LogP contribution in [0.25, 0.3) is 0 Å². The maximum atomic E-state index is 5.40. The van der Waals surface area contributed by atoms with Gasteiger partial charge in [0.25, 0.3) is 0 Å². The normalized spacial score (nSPS) is 16.7. The Balaban J connectivity index is 0.00000363. The van der Waals surface area contributed by atoms with Gasteiger partial charge in [0.1, 0.15) is 17.3 Å². The molecular weight excluding hydrogens is 519 g/mol. The smallest absolute Gasteiger partial charge is 0.191 e. The average molecular weight is 556 g/mol. The largest absolute Gasteiger partial charge is 0.497 e. The quantitative estimate of drug-likeness (QED) is 0.281. The van der Waals surface area contributed by atoms with Crippen LogP contribution in [0.2, 0.25) is 0 Å². The Morgan fingerprint density at radius 2 is 1.94 bits per heavy atom. The molecule has 3 rings (SSSR count). The van der Waals surface area contributed by atoms with Crippen LogP contribution in [0, 0.1) is 5.92 Å². The third kappa shape index (κ3) is 7.54. The summed E-state index contributed by atoms with van der Waals surface area (Å²) in [5, 5.41) is 6.97. The monoisotopic (exact) mass is 556 g/mol. The van der Waals surface area contributed by atoms with E-state index in [4.69, 9.17) is 9.47 Å². The second-order valence-electron chi connectivity index (χ2n) is 8.40. The van der Waals surface area contributed by atoms with Crippen molar-refractivity contribution < 1.29 is 9.47 Å². The Hall–Kier alpha value is -2.01. The second kappa shape index (κ2) is 12.9. The fourth-order valence-corrected chi connectivity index (χ4v) is 3.93. The number of halogens is 1. The number of nitrogens with one attached hydrogen (secondary N) is 2. The van der Waals surface area contributed by atoms with Crippen molar-refractivity contribution in [3.63, 3.8) is 0 Å². The van der Waals surface area contributed by atoms with Gasteiger partial charge in [0.15, 0.2) is 5.96 Å². The van der Waals surface area contributed by atoms with Gasteiger partial charge in [-0.15, -0.1) is 24.0 Å². The van der Waals surface area contributed by atoms with Crippen molar-refractivity contribution >= 4 is 29.9 Å². The average Bonchev–Trinajstić information content (AvgIpc) is 3.39. The molecular formula is C23H37IN6O2. The molecule has 32 heavy (non-hydrogen) atoms. The first-order valence-electron chi connectivity index (χ1n) is 10.9. The molecule has 1 saturated heterocycles. The van der Waals surface area contributed by atoms with Crippen molar-refractivity contribution in [1.29, 1.82) is 0 Å². The number of nitrogens with zero attached hydrogens (tertiary/aromatic N) is 4. The van der Waals surface area contributed by atoms with Gasteiger partial charge in [-0.3, -0.25) is 9.89 Å². The Bertz CT molecular complexity index is 848. The Labute approximate surface area is 208 Å². The minimum Gasteiger partial charge on any atom is -0.497 e. The molecule has 0 saturated carbocycles. The molecule has 1 unspecified atom stereocenters. The molecule has 0 bridgehead atoms. The maximum Gasteiger partial charge on any atom is 0.191 e. The molecule has 1 aliphatic rings. The van der Waals surface area contributed by atoms with E-state index < -0.39 is 0 Å².